The second kappa shape index (κ2) is 4.63. The molecule has 1 rings (SSSR count). The molecule has 0 fully saturated rings. The summed E-state index contributed by atoms with van der Waals surface area (Å²) in [6.45, 7) is 0. The molecule has 0 aromatic heterocycles. The van der Waals surface area contributed by atoms with Gasteiger partial charge in [0.25, 0.3) is 0 Å². The van der Waals surface area contributed by atoms with Crippen molar-refractivity contribution in [2.75, 3.05) is 6.26 Å². The van der Waals surface area contributed by atoms with Crippen LogP contribution in [0.3, 0.4) is 0 Å². The largest absolute Gasteiger partial charge is 0.292 e. The Bertz CT molecular complexity index is 465. The average Bonchev–Trinajstić information content (AvgIpc) is 2.15. The van der Waals surface area contributed by atoms with Gasteiger partial charge in [-0.15, -0.1) is 11.6 Å². The van der Waals surface area contributed by atoms with E-state index in [1.807, 2.05) is 0 Å². The van der Waals surface area contributed by atoms with E-state index >= 15 is 0 Å². The van der Waals surface area contributed by atoms with Crippen LogP contribution in [0.4, 0.5) is 0 Å². The Morgan fingerprint density at radius 2 is 1.80 bits per heavy atom. The molecule has 1 aromatic carbocycles. The molecule has 0 bridgehead atoms. The first-order valence-electron chi connectivity index (χ1n) is 3.95. The predicted molar refractivity (Wildman–Crippen MR) is 62.5 cm³/mol. The minimum absolute atomic E-state index is 0.180. The zero-order chi connectivity index (χ0) is 11.6. The van der Waals surface area contributed by atoms with E-state index in [2.05, 4.69) is 15.9 Å². The van der Waals surface area contributed by atoms with Gasteiger partial charge in [-0.1, -0.05) is 28.1 Å². The molecule has 0 N–H and O–H groups in total. The number of hydrogen-bond donors (Lipinski definition) is 0. The summed E-state index contributed by atoms with van der Waals surface area (Å²) in [6.07, 6.45) is 1.11. The zero-order valence-electron chi connectivity index (χ0n) is 7.78. The second-order valence-electron chi connectivity index (χ2n) is 2.96. The highest BCUT2D eigenvalue weighted by Crippen LogP contribution is 2.16. The van der Waals surface area contributed by atoms with E-state index in [0.717, 1.165) is 6.26 Å². The maximum absolute atomic E-state index is 11.4. The monoisotopic (exact) mass is 310 g/mol. The van der Waals surface area contributed by atoms with Crippen LogP contribution in [0.5, 0.6) is 0 Å². The minimum Gasteiger partial charge on any atom is -0.292 e. The molecule has 6 heteroatoms. The molecule has 1 atom stereocenters. The number of carbonyl (C=O) groups excluding carboxylic acids is 1. The number of hydrogen-bond acceptors (Lipinski definition) is 3. The first kappa shape index (κ1) is 12.7. The van der Waals surface area contributed by atoms with Crippen molar-refractivity contribution < 1.29 is 13.2 Å². The van der Waals surface area contributed by atoms with E-state index in [4.69, 9.17) is 11.6 Å². The van der Waals surface area contributed by atoms with Crippen LogP contribution in [0.2, 0.25) is 0 Å². The van der Waals surface area contributed by atoms with Gasteiger partial charge in [0.05, 0.1) is 4.90 Å². The summed E-state index contributed by atoms with van der Waals surface area (Å²) in [6, 6.07) is 5.65. The minimum atomic E-state index is -3.22. The summed E-state index contributed by atoms with van der Waals surface area (Å²) < 4.78 is 21.5. The summed E-state index contributed by atoms with van der Waals surface area (Å²) in [5.41, 5.74) is 0.374. The van der Waals surface area contributed by atoms with E-state index < -0.39 is 14.1 Å². The third-order valence-electron chi connectivity index (χ3n) is 1.77. The molecule has 0 aliphatic carbocycles. The lowest BCUT2D eigenvalue weighted by Crippen LogP contribution is -2.07. The molecule has 1 aromatic rings. The highest BCUT2D eigenvalue weighted by atomic mass is 79.9. The van der Waals surface area contributed by atoms with Crippen LogP contribution in [0, 0.1) is 0 Å². The van der Waals surface area contributed by atoms with Gasteiger partial charge in [-0.2, -0.15) is 0 Å². The van der Waals surface area contributed by atoms with E-state index in [-0.39, 0.29) is 10.7 Å². The molecule has 0 heterocycles. The van der Waals surface area contributed by atoms with Gasteiger partial charge in [0.1, 0.15) is 0 Å². The number of benzene rings is 1. The zero-order valence-corrected chi connectivity index (χ0v) is 10.9. The van der Waals surface area contributed by atoms with Gasteiger partial charge in [0, 0.05) is 11.8 Å². The summed E-state index contributed by atoms with van der Waals surface area (Å²) in [7, 11) is -3.22. The van der Waals surface area contributed by atoms with Gasteiger partial charge >= 0.3 is 0 Å². The number of Topliss-reactive ketones (excluding diaryl/α,β-unsaturated/α-hetero) is 1. The molecule has 0 aliphatic rings. The quantitative estimate of drug-likeness (QED) is 0.635. The number of ketones is 1. The average molecular weight is 312 g/mol. The fraction of sp³-hybridized carbons (Fsp3) is 0.222. The Labute approximate surface area is 101 Å². The SMILES string of the molecule is CS(=O)(=O)c1ccc(C(=O)C(Cl)Br)cc1. The Hall–Kier alpha value is -0.390. The summed E-state index contributed by atoms with van der Waals surface area (Å²) >= 11 is 8.47. The summed E-state index contributed by atoms with van der Waals surface area (Å²) in [5, 5.41) is 0. The Balaban J connectivity index is 3.06. The van der Waals surface area contributed by atoms with Crippen molar-refractivity contribution in [3.8, 4) is 0 Å². The molecule has 0 saturated carbocycles. The topological polar surface area (TPSA) is 51.2 Å². The van der Waals surface area contributed by atoms with Gasteiger partial charge in [0.15, 0.2) is 19.9 Å². The van der Waals surface area contributed by atoms with Crippen molar-refractivity contribution in [3.05, 3.63) is 29.8 Å². The molecule has 0 amide bonds. The third kappa shape index (κ3) is 3.29. The van der Waals surface area contributed by atoms with Gasteiger partial charge < -0.3 is 0 Å². The predicted octanol–water partition coefficient (Wildman–Crippen LogP) is 2.23. The Morgan fingerprint density at radius 1 is 1.33 bits per heavy atom. The molecule has 3 nitrogen and oxygen atoms in total. The van der Waals surface area contributed by atoms with Crippen LogP contribution in [-0.4, -0.2) is 24.7 Å². The van der Waals surface area contributed by atoms with Crippen LogP contribution >= 0.6 is 27.5 Å². The van der Waals surface area contributed by atoms with Crippen LogP contribution < -0.4 is 0 Å². The molecule has 1 unspecified atom stereocenters. The van der Waals surface area contributed by atoms with Gasteiger partial charge in [-0.3, -0.25) is 4.79 Å². The lowest BCUT2D eigenvalue weighted by atomic mass is 10.1. The van der Waals surface area contributed by atoms with Gasteiger partial charge in [0.2, 0.25) is 0 Å². The summed E-state index contributed by atoms with van der Waals surface area (Å²) in [5.74, 6) is -0.295. The lowest BCUT2D eigenvalue weighted by Gasteiger charge is -2.02. The molecule has 0 radical (unpaired) electrons. The van der Waals surface area contributed by atoms with Crippen molar-refractivity contribution in [1.29, 1.82) is 0 Å². The number of alkyl halides is 2. The number of halogens is 2. The lowest BCUT2D eigenvalue weighted by molar-refractivity contribution is 0.101. The Morgan fingerprint density at radius 3 is 2.13 bits per heavy atom. The van der Waals surface area contributed by atoms with Gasteiger partial charge in [-0.05, 0) is 12.1 Å². The van der Waals surface area contributed by atoms with Gasteiger partial charge in [-0.25, -0.2) is 8.42 Å². The van der Waals surface area contributed by atoms with Crippen molar-refractivity contribution >= 4 is 43.2 Å². The first-order chi connectivity index (χ1) is 6.82. The fourth-order valence-electron chi connectivity index (χ4n) is 0.992. The normalized spacial score (nSPS) is 13.5. The maximum atomic E-state index is 11.4. The van der Waals surface area contributed by atoms with Crippen LogP contribution in [-0.2, 0) is 9.84 Å². The number of rotatable bonds is 3. The third-order valence-corrected chi connectivity index (χ3v) is 3.51. The molecule has 15 heavy (non-hydrogen) atoms. The second-order valence-corrected chi connectivity index (χ2v) is 6.86. The van der Waals surface area contributed by atoms with E-state index in [1.54, 1.807) is 0 Å². The van der Waals surface area contributed by atoms with Crippen molar-refractivity contribution in [1.82, 2.24) is 0 Å². The highest BCUT2D eigenvalue weighted by molar-refractivity contribution is 9.10. The van der Waals surface area contributed by atoms with Crippen molar-refractivity contribution in [2.45, 2.75) is 9.18 Å². The fourth-order valence-corrected chi connectivity index (χ4v) is 2.01. The molecular formula is C9H8BrClO3S. The molecular weight excluding hydrogens is 304 g/mol. The maximum Gasteiger partial charge on any atom is 0.191 e. The number of carbonyl (C=O) groups is 1. The van der Waals surface area contributed by atoms with Crippen LogP contribution in [0.25, 0.3) is 0 Å². The molecule has 82 valence electrons. The van der Waals surface area contributed by atoms with E-state index in [0.29, 0.717) is 5.56 Å². The first-order valence-corrected chi connectivity index (χ1v) is 7.19. The van der Waals surface area contributed by atoms with Crippen molar-refractivity contribution in [2.24, 2.45) is 0 Å². The smallest absolute Gasteiger partial charge is 0.191 e. The van der Waals surface area contributed by atoms with E-state index in [9.17, 15) is 13.2 Å². The molecule has 0 spiro atoms. The van der Waals surface area contributed by atoms with Crippen LogP contribution in [0.15, 0.2) is 29.2 Å². The van der Waals surface area contributed by atoms with Crippen molar-refractivity contribution in [3.63, 3.8) is 0 Å². The highest BCUT2D eigenvalue weighted by Gasteiger charge is 2.14. The molecule has 0 aliphatic heterocycles. The van der Waals surface area contributed by atoms with Crippen LogP contribution in [0.1, 0.15) is 10.4 Å². The standard InChI is InChI=1S/C9H8BrClO3S/c1-15(13,14)7-4-2-6(3-5-7)8(12)9(10)11/h2-5,9H,1H3. The molecule has 0 saturated heterocycles. The van der Waals surface area contributed by atoms with E-state index in [1.165, 1.54) is 24.3 Å². The Kier molecular flexibility index (Phi) is 3.92. The summed E-state index contributed by atoms with van der Waals surface area (Å²) in [4.78, 5) is 11.6. The number of sulfone groups is 1.